The molecular weight excluding hydrogens is 347 g/mol. The molecule has 3 rings (SSSR count). The fourth-order valence-corrected chi connectivity index (χ4v) is 2.62. The summed E-state index contributed by atoms with van der Waals surface area (Å²) in [6.45, 7) is 0. The van der Waals surface area contributed by atoms with Crippen molar-refractivity contribution in [3.8, 4) is 11.3 Å². The summed E-state index contributed by atoms with van der Waals surface area (Å²) in [5.74, 6) is -1.64. The lowest BCUT2D eigenvalue weighted by Crippen LogP contribution is -2.14. The fraction of sp³-hybridized carbons (Fsp3) is 0.0952. The summed E-state index contributed by atoms with van der Waals surface area (Å²) in [4.78, 5) is 27.5. The highest BCUT2D eigenvalue weighted by Crippen LogP contribution is 2.19. The van der Waals surface area contributed by atoms with Gasteiger partial charge in [0, 0.05) is 17.7 Å². The Morgan fingerprint density at radius 1 is 1.00 bits per heavy atom. The Morgan fingerprint density at radius 2 is 1.78 bits per heavy atom. The molecule has 0 unspecified atom stereocenters. The number of halogens is 1. The van der Waals surface area contributed by atoms with Crippen molar-refractivity contribution in [2.75, 3.05) is 5.32 Å². The molecule has 0 atom stereocenters. The first kappa shape index (κ1) is 18.3. The maximum absolute atomic E-state index is 13.4. The van der Waals surface area contributed by atoms with Gasteiger partial charge in [-0.3, -0.25) is 9.59 Å². The van der Waals surface area contributed by atoms with Gasteiger partial charge in [0.15, 0.2) is 0 Å². The second-order valence-electron chi connectivity index (χ2n) is 5.97. The number of amides is 1. The van der Waals surface area contributed by atoms with Crippen LogP contribution in [0.2, 0.25) is 0 Å². The molecule has 27 heavy (non-hydrogen) atoms. The van der Waals surface area contributed by atoms with Crippen molar-refractivity contribution in [3.05, 3.63) is 83.8 Å². The predicted molar refractivity (Wildman–Crippen MR) is 100.0 cm³/mol. The maximum atomic E-state index is 13.4. The maximum Gasteiger partial charge on any atom is 0.303 e. The smallest absolute Gasteiger partial charge is 0.303 e. The molecule has 0 saturated carbocycles. The Balaban J connectivity index is 1.76. The lowest BCUT2D eigenvalue weighted by molar-refractivity contribution is -0.136. The number of nitrogens with zero attached hydrogens (tertiary/aromatic N) is 1. The van der Waals surface area contributed by atoms with Crippen molar-refractivity contribution < 1.29 is 19.1 Å². The van der Waals surface area contributed by atoms with E-state index in [1.165, 1.54) is 12.1 Å². The van der Waals surface area contributed by atoms with E-state index >= 15 is 0 Å². The Hall–Kier alpha value is -3.54. The topological polar surface area (TPSA) is 79.3 Å². The molecule has 2 N–H and O–H groups in total. The van der Waals surface area contributed by atoms with Crippen LogP contribution in [0.3, 0.4) is 0 Å². The van der Waals surface area contributed by atoms with E-state index in [9.17, 15) is 14.0 Å². The number of pyridine rings is 1. The van der Waals surface area contributed by atoms with E-state index < -0.39 is 11.9 Å². The van der Waals surface area contributed by atoms with Crippen LogP contribution in [0.25, 0.3) is 11.3 Å². The molecule has 5 nitrogen and oxygen atoms in total. The van der Waals surface area contributed by atoms with Crippen LogP contribution in [-0.2, 0) is 11.2 Å². The molecule has 1 amide bonds. The van der Waals surface area contributed by atoms with Gasteiger partial charge in [0.05, 0.1) is 5.69 Å². The number of anilines is 1. The molecule has 0 fully saturated rings. The minimum absolute atomic E-state index is 0.0225. The van der Waals surface area contributed by atoms with Gasteiger partial charge in [0.2, 0.25) is 0 Å². The number of carbonyl (C=O) groups excluding carboxylic acids is 1. The molecule has 136 valence electrons. The van der Waals surface area contributed by atoms with E-state index in [1.54, 1.807) is 54.6 Å². The summed E-state index contributed by atoms with van der Waals surface area (Å²) in [5, 5.41) is 11.5. The molecule has 3 aromatic rings. The van der Waals surface area contributed by atoms with Gasteiger partial charge in [0.25, 0.3) is 5.91 Å². The van der Waals surface area contributed by atoms with Gasteiger partial charge in [-0.1, -0.05) is 30.3 Å². The molecule has 1 heterocycles. The number of aliphatic carboxylic acids is 1. The average Bonchev–Trinajstić information content (AvgIpc) is 2.67. The Bertz CT molecular complexity index is 988. The molecule has 0 aliphatic rings. The van der Waals surface area contributed by atoms with Gasteiger partial charge in [-0.15, -0.1) is 0 Å². The van der Waals surface area contributed by atoms with E-state index in [0.29, 0.717) is 23.4 Å². The van der Waals surface area contributed by atoms with Gasteiger partial charge in [0.1, 0.15) is 11.5 Å². The standard InChI is InChI=1S/C21H17FN2O3/c22-16-6-2-5-15(13-16)18-8-3-9-19(24-18)21(27)23-17-7-1-4-14(12-17)10-11-20(25)26/h1-9,12-13H,10-11H2,(H,23,27)(H,25,26). The van der Waals surface area contributed by atoms with Crippen molar-refractivity contribution in [1.82, 2.24) is 4.98 Å². The number of aromatic nitrogens is 1. The van der Waals surface area contributed by atoms with Crippen molar-refractivity contribution >= 4 is 17.6 Å². The van der Waals surface area contributed by atoms with Crippen molar-refractivity contribution in [2.45, 2.75) is 12.8 Å². The van der Waals surface area contributed by atoms with E-state index in [0.717, 1.165) is 5.56 Å². The van der Waals surface area contributed by atoms with E-state index in [1.807, 2.05) is 0 Å². The second kappa shape index (κ2) is 8.23. The van der Waals surface area contributed by atoms with Crippen LogP contribution in [0.1, 0.15) is 22.5 Å². The van der Waals surface area contributed by atoms with E-state index in [-0.39, 0.29) is 17.9 Å². The van der Waals surface area contributed by atoms with Crippen LogP contribution in [0.15, 0.2) is 66.7 Å². The normalized spacial score (nSPS) is 10.4. The fourth-order valence-electron chi connectivity index (χ4n) is 2.62. The van der Waals surface area contributed by atoms with Gasteiger partial charge in [-0.2, -0.15) is 0 Å². The number of rotatable bonds is 6. The van der Waals surface area contributed by atoms with Crippen LogP contribution in [0.4, 0.5) is 10.1 Å². The zero-order valence-corrected chi connectivity index (χ0v) is 14.4. The number of hydrogen-bond donors (Lipinski definition) is 2. The van der Waals surface area contributed by atoms with Crippen LogP contribution in [-0.4, -0.2) is 22.0 Å². The predicted octanol–water partition coefficient (Wildman–Crippen LogP) is 4.16. The summed E-state index contributed by atoms with van der Waals surface area (Å²) in [5.41, 5.74) is 2.66. The molecule has 2 aromatic carbocycles. The summed E-state index contributed by atoms with van der Waals surface area (Å²) in [6.07, 6.45) is 0.404. The first-order valence-corrected chi connectivity index (χ1v) is 8.36. The molecule has 0 aliphatic carbocycles. The van der Waals surface area contributed by atoms with E-state index in [2.05, 4.69) is 10.3 Å². The molecule has 1 aromatic heterocycles. The van der Waals surface area contributed by atoms with Gasteiger partial charge in [-0.05, 0) is 48.4 Å². The zero-order chi connectivity index (χ0) is 19.2. The molecule has 6 heteroatoms. The van der Waals surface area contributed by atoms with Crippen LogP contribution >= 0.6 is 0 Å². The Morgan fingerprint density at radius 3 is 2.56 bits per heavy atom. The Labute approximate surface area is 155 Å². The number of carboxylic acid groups (broad SMARTS) is 1. The minimum atomic E-state index is -0.872. The molecule has 0 spiro atoms. The number of aryl methyl sites for hydroxylation is 1. The molecule has 0 bridgehead atoms. The van der Waals surface area contributed by atoms with Crippen LogP contribution in [0.5, 0.6) is 0 Å². The summed E-state index contributed by atoms with van der Waals surface area (Å²) >= 11 is 0. The average molecular weight is 364 g/mol. The van der Waals surface area contributed by atoms with Gasteiger partial charge < -0.3 is 10.4 Å². The zero-order valence-electron chi connectivity index (χ0n) is 14.4. The number of carboxylic acids is 1. The number of carbonyl (C=O) groups is 2. The third-order valence-corrected chi connectivity index (χ3v) is 3.91. The quantitative estimate of drug-likeness (QED) is 0.688. The number of benzene rings is 2. The second-order valence-corrected chi connectivity index (χ2v) is 5.97. The summed E-state index contributed by atoms with van der Waals surface area (Å²) < 4.78 is 13.4. The van der Waals surface area contributed by atoms with Crippen LogP contribution in [0, 0.1) is 5.82 Å². The first-order chi connectivity index (χ1) is 13.0. The van der Waals surface area contributed by atoms with Crippen LogP contribution < -0.4 is 5.32 Å². The third-order valence-electron chi connectivity index (χ3n) is 3.91. The minimum Gasteiger partial charge on any atom is -0.481 e. The third kappa shape index (κ3) is 4.98. The summed E-state index contributed by atoms with van der Waals surface area (Å²) in [7, 11) is 0. The monoisotopic (exact) mass is 364 g/mol. The number of nitrogens with one attached hydrogen (secondary N) is 1. The van der Waals surface area contributed by atoms with Gasteiger partial charge >= 0.3 is 5.97 Å². The highest BCUT2D eigenvalue weighted by Gasteiger charge is 2.10. The molecule has 0 aliphatic heterocycles. The lowest BCUT2D eigenvalue weighted by Gasteiger charge is -2.08. The summed E-state index contributed by atoms with van der Waals surface area (Å²) in [6, 6.07) is 18.0. The van der Waals surface area contributed by atoms with Crippen molar-refractivity contribution in [1.29, 1.82) is 0 Å². The van der Waals surface area contributed by atoms with Crippen molar-refractivity contribution in [2.24, 2.45) is 0 Å². The van der Waals surface area contributed by atoms with E-state index in [4.69, 9.17) is 5.11 Å². The van der Waals surface area contributed by atoms with Crippen molar-refractivity contribution in [3.63, 3.8) is 0 Å². The molecular formula is C21H17FN2O3. The molecule has 0 radical (unpaired) electrons. The molecule has 0 saturated heterocycles. The largest absolute Gasteiger partial charge is 0.481 e. The highest BCUT2D eigenvalue weighted by atomic mass is 19.1. The van der Waals surface area contributed by atoms with Gasteiger partial charge in [-0.25, -0.2) is 9.37 Å². The highest BCUT2D eigenvalue weighted by molar-refractivity contribution is 6.03. The lowest BCUT2D eigenvalue weighted by atomic mass is 10.1. The number of hydrogen-bond acceptors (Lipinski definition) is 3. The Kier molecular flexibility index (Phi) is 5.56. The SMILES string of the molecule is O=C(O)CCc1cccc(NC(=O)c2cccc(-c3cccc(F)c3)n2)c1. The first-order valence-electron chi connectivity index (χ1n) is 8.36.